The smallest absolute Gasteiger partial charge is 0.311 e. The van der Waals surface area contributed by atoms with Crippen LogP contribution in [0.15, 0.2) is 41.8 Å². The SMILES string of the molecule is C=CCCCCCCCCC(=O)Oc1ccc([S+](C)C)cc1.CC. The van der Waals surface area contributed by atoms with Gasteiger partial charge in [0, 0.05) is 17.3 Å². The highest BCUT2D eigenvalue weighted by Gasteiger charge is 2.09. The number of rotatable bonds is 11. The van der Waals surface area contributed by atoms with Crippen molar-refractivity contribution in [1.29, 1.82) is 0 Å². The zero-order valence-corrected chi connectivity index (χ0v) is 16.8. The van der Waals surface area contributed by atoms with E-state index in [1.54, 1.807) is 0 Å². The third-order valence-corrected chi connectivity index (χ3v) is 4.78. The molecule has 136 valence electrons. The van der Waals surface area contributed by atoms with Crippen LogP contribution in [-0.4, -0.2) is 18.5 Å². The molecule has 0 aliphatic rings. The summed E-state index contributed by atoms with van der Waals surface area (Å²) in [6, 6.07) is 7.85. The van der Waals surface area contributed by atoms with Crippen LogP contribution in [-0.2, 0) is 15.7 Å². The van der Waals surface area contributed by atoms with Crippen molar-refractivity contribution in [3.8, 4) is 5.75 Å². The van der Waals surface area contributed by atoms with Crippen molar-refractivity contribution >= 4 is 16.9 Å². The lowest BCUT2D eigenvalue weighted by atomic mass is 10.1. The summed E-state index contributed by atoms with van der Waals surface area (Å²) in [6.45, 7) is 7.72. The van der Waals surface area contributed by atoms with E-state index >= 15 is 0 Å². The molecule has 0 radical (unpaired) electrons. The summed E-state index contributed by atoms with van der Waals surface area (Å²) in [5, 5.41) is 0. The van der Waals surface area contributed by atoms with E-state index in [2.05, 4.69) is 19.1 Å². The molecule has 0 amide bonds. The van der Waals surface area contributed by atoms with E-state index in [1.165, 1.54) is 30.6 Å². The topological polar surface area (TPSA) is 26.3 Å². The lowest BCUT2D eigenvalue weighted by Crippen LogP contribution is -2.07. The van der Waals surface area contributed by atoms with Crippen molar-refractivity contribution in [2.75, 3.05) is 12.5 Å². The minimum Gasteiger partial charge on any atom is -0.427 e. The summed E-state index contributed by atoms with van der Waals surface area (Å²) < 4.78 is 5.36. The summed E-state index contributed by atoms with van der Waals surface area (Å²) in [5.74, 6) is 0.537. The first-order valence-corrected chi connectivity index (χ1v) is 11.2. The van der Waals surface area contributed by atoms with Gasteiger partial charge in [0.15, 0.2) is 4.90 Å². The molecule has 1 aromatic carbocycles. The largest absolute Gasteiger partial charge is 0.427 e. The maximum atomic E-state index is 11.8. The molecule has 24 heavy (non-hydrogen) atoms. The predicted molar refractivity (Wildman–Crippen MR) is 108 cm³/mol. The highest BCUT2D eigenvalue weighted by molar-refractivity contribution is 7.95. The molecule has 0 unspecified atom stereocenters. The van der Waals surface area contributed by atoms with Gasteiger partial charge >= 0.3 is 5.97 Å². The molecule has 0 spiro atoms. The summed E-state index contributed by atoms with van der Waals surface area (Å²) in [6.07, 6.45) is 14.9. The Hall–Kier alpha value is -1.22. The van der Waals surface area contributed by atoms with E-state index in [0.29, 0.717) is 12.2 Å². The van der Waals surface area contributed by atoms with Gasteiger partial charge in [-0.2, -0.15) is 0 Å². The fourth-order valence-electron chi connectivity index (χ4n) is 2.23. The highest BCUT2D eigenvalue weighted by atomic mass is 32.2. The molecule has 0 saturated heterocycles. The van der Waals surface area contributed by atoms with E-state index in [9.17, 15) is 4.79 Å². The van der Waals surface area contributed by atoms with Crippen LogP contribution in [0.25, 0.3) is 0 Å². The van der Waals surface area contributed by atoms with Gasteiger partial charge in [-0.1, -0.05) is 45.6 Å². The van der Waals surface area contributed by atoms with Crippen LogP contribution in [0.3, 0.4) is 0 Å². The van der Waals surface area contributed by atoms with Crippen LogP contribution in [0, 0.1) is 0 Å². The number of benzene rings is 1. The lowest BCUT2D eigenvalue weighted by Gasteiger charge is -2.05. The third-order valence-electron chi connectivity index (χ3n) is 3.57. The van der Waals surface area contributed by atoms with Crippen molar-refractivity contribution in [2.24, 2.45) is 0 Å². The second-order valence-corrected chi connectivity index (χ2v) is 7.82. The number of carbonyl (C=O) groups excluding carboxylic acids is 1. The van der Waals surface area contributed by atoms with Gasteiger partial charge in [0.05, 0.1) is 0 Å². The van der Waals surface area contributed by atoms with Gasteiger partial charge in [-0.05, 0) is 43.5 Å². The molecule has 0 N–H and O–H groups in total. The maximum absolute atomic E-state index is 11.8. The van der Waals surface area contributed by atoms with Crippen LogP contribution in [0.5, 0.6) is 5.75 Å². The Morgan fingerprint density at radius 2 is 1.54 bits per heavy atom. The molecule has 1 rings (SSSR count). The Morgan fingerprint density at radius 1 is 1.00 bits per heavy atom. The predicted octanol–water partition coefficient (Wildman–Crippen LogP) is 6.16. The molecule has 0 aliphatic carbocycles. The van der Waals surface area contributed by atoms with Crippen molar-refractivity contribution in [3.05, 3.63) is 36.9 Å². The van der Waals surface area contributed by atoms with Crippen LogP contribution < -0.4 is 4.74 Å². The van der Waals surface area contributed by atoms with Gasteiger partial charge in [-0.3, -0.25) is 4.79 Å². The molecule has 0 bridgehead atoms. The Kier molecular flexibility index (Phi) is 14.5. The molecule has 0 heterocycles. The summed E-state index contributed by atoms with van der Waals surface area (Å²) in [4.78, 5) is 13.1. The van der Waals surface area contributed by atoms with E-state index in [0.717, 1.165) is 19.3 Å². The summed E-state index contributed by atoms with van der Waals surface area (Å²) >= 11 is 0. The van der Waals surface area contributed by atoms with Crippen molar-refractivity contribution in [2.45, 2.75) is 70.1 Å². The zero-order valence-electron chi connectivity index (χ0n) is 16.0. The fraction of sp³-hybridized carbons (Fsp3) is 0.571. The average molecular weight is 352 g/mol. The monoisotopic (exact) mass is 351 g/mol. The first-order chi connectivity index (χ1) is 11.6. The first-order valence-electron chi connectivity index (χ1n) is 9.12. The first kappa shape index (κ1) is 22.8. The number of esters is 1. The molecule has 0 atom stereocenters. The number of ether oxygens (including phenoxy) is 1. The van der Waals surface area contributed by atoms with Gasteiger partial charge in [0.2, 0.25) is 0 Å². The normalized spacial score (nSPS) is 10.0. The Bertz CT molecular complexity index is 438. The van der Waals surface area contributed by atoms with Crippen molar-refractivity contribution in [1.82, 2.24) is 0 Å². The number of allylic oxidation sites excluding steroid dienone is 1. The van der Waals surface area contributed by atoms with E-state index < -0.39 is 0 Å². The standard InChI is InChI=1S/C19H29O2S.C2H6/c1-4-5-6-7-8-9-10-11-12-19(20)21-17-13-15-18(16-14-17)22(2)3;1-2/h4,13-16H,1,5-12H2,2-3H3;1-2H3/q+1;. The van der Waals surface area contributed by atoms with Gasteiger partial charge in [-0.15, -0.1) is 6.58 Å². The molecule has 0 saturated carbocycles. The summed E-state index contributed by atoms with van der Waals surface area (Å²) in [5.41, 5.74) is 0. The molecule has 2 nitrogen and oxygen atoms in total. The number of unbranched alkanes of at least 4 members (excludes halogenated alkanes) is 6. The second-order valence-electron chi connectivity index (χ2n) is 5.71. The lowest BCUT2D eigenvalue weighted by molar-refractivity contribution is -0.134. The van der Waals surface area contributed by atoms with Crippen molar-refractivity contribution < 1.29 is 9.53 Å². The maximum Gasteiger partial charge on any atom is 0.311 e. The molecule has 0 fully saturated rings. The molecular weight excluding hydrogens is 316 g/mol. The van der Waals surface area contributed by atoms with Crippen LogP contribution >= 0.6 is 0 Å². The molecular formula is C21H35O2S+. The Labute approximate surface area is 152 Å². The van der Waals surface area contributed by atoms with E-state index in [4.69, 9.17) is 4.74 Å². The van der Waals surface area contributed by atoms with Crippen LogP contribution in [0.2, 0.25) is 0 Å². The van der Waals surface area contributed by atoms with Gasteiger partial charge in [-0.25, -0.2) is 0 Å². The number of hydrogen-bond donors (Lipinski definition) is 0. The van der Waals surface area contributed by atoms with Crippen molar-refractivity contribution in [3.63, 3.8) is 0 Å². The summed E-state index contributed by atoms with van der Waals surface area (Å²) in [7, 11) is 0.244. The third kappa shape index (κ3) is 11.3. The van der Waals surface area contributed by atoms with Gasteiger partial charge < -0.3 is 4.74 Å². The van der Waals surface area contributed by atoms with E-state index in [1.807, 2.05) is 44.2 Å². The zero-order chi connectivity index (χ0) is 18.2. The quantitative estimate of drug-likeness (QED) is 0.157. The minimum atomic E-state index is -0.119. The molecule has 1 aromatic rings. The number of hydrogen-bond acceptors (Lipinski definition) is 2. The molecule has 0 aromatic heterocycles. The van der Waals surface area contributed by atoms with Gasteiger partial charge in [0.1, 0.15) is 18.3 Å². The fourth-order valence-corrected chi connectivity index (χ4v) is 2.91. The number of carbonyl (C=O) groups is 1. The minimum absolute atomic E-state index is 0.119. The van der Waals surface area contributed by atoms with Gasteiger partial charge in [0.25, 0.3) is 0 Å². The second kappa shape index (κ2) is 15.3. The molecule has 0 aliphatic heterocycles. The Balaban J connectivity index is 0.00000254. The van der Waals surface area contributed by atoms with E-state index in [-0.39, 0.29) is 16.9 Å². The average Bonchev–Trinajstić information content (AvgIpc) is 2.59. The Morgan fingerprint density at radius 3 is 2.08 bits per heavy atom. The van der Waals surface area contributed by atoms with Crippen LogP contribution in [0.4, 0.5) is 0 Å². The van der Waals surface area contributed by atoms with Crippen LogP contribution in [0.1, 0.15) is 65.2 Å². The molecule has 3 heteroatoms. The highest BCUT2D eigenvalue weighted by Crippen LogP contribution is 2.17.